The van der Waals surface area contributed by atoms with Crippen molar-refractivity contribution in [2.75, 3.05) is 5.32 Å². The molecule has 0 aliphatic heterocycles. The molecule has 0 saturated carbocycles. The highest BCUT2D eigenvalue weighted by Gasteiger charge is 2.21. The highest BCUT2D eigenvalue weighted by atomic mass is 19.1. The van der Waals surface area contributed by atoms with Gasteiger partial charge in [-0.2, -0.15) is 0 Å². The van der Waals surface area contributed by atoms with Crippen molar-refractivity contribution in [3.8, 4) is 23.0 Å². The maximum Gasteiger partial charge on any atom is 0.321 e. The number of aryl methyl sites for hydroxylation is 1. The molecule has 4 aromatic rings. The van der Waals surface area contributed by atoms with Crippen molar-refractivity contribution in [2.24, 2.45) is 0 Å². The second-order valence-corrected chi connectivity index (χ2v) is 6.08. The molecule has 0 spiro atoms. The van der Waals surface area contributed by atoms with Gasteiger partial charge in [0.05, 0.1) is 0 Å². The van der Waals surface area contributed by atoms with Gasteiger partial charge in [-0.25, -0.2) is 14.4 Å². The summed E-state index contributed by atoms with van der Waals surface area (Å²) in [6, 6.07) is 14.4. The summed E-state index contributed by atoms with van der Waals surface area (Å²) >= 11 is 0. The number of aromatic nitrogens is 3. The Morgan fingerprint density at radius 2 is 1.72 bits per heavy atom. The van der Waals surface area contributed by atoms with Crippen molar-refractivity contribution in [3.05, 3.63) is 84.1 Å². The minimum Gasteiger partial charge on any atom is -0.424 e. The smallest absolute Gasteiger partial charge is 0.321 e. The second-order valence-electron chi connectivity index (χ2n) is 6.08. The molecule has 8 heteroatoms. The van der Waals surface area contributed by atoms with Crippen LogP contribution >= 0.6 is 0 Å². The number of benzene rings is 2. The Hall–Kier alpha value is -4.07. The van der Waals surface area contributed by atoms with E-state index in [4.69, 9.17) is 9.26 Å². The van der Waals surface area contributed by atoms with Gasteiger partial charge < -0.3 is 14.6 Å². The lowest BCUT2D eigenvalue weighted by molar-refractivity contribution is 0.102. The Bertz CT molecular complexity index is 1130. The van der Waals surface area contributed by atoms with E-state index in [1.165, 1.54) is 12.1 Å². The zero-order valence-electron chi connectivity index (χ0n) is 15.3. The van der Waals surface area contributed by atoms with Crippen LogP contribution in [0.25, 0.3) is 11.3 Å². The summed E-state index contributed by atoms with van der Waals surface area (Å²) in [5.41, 5.74) is 1.78. The number of hydrogen-bond acceptors (Lipinski definition) is 6. The lowest BCUT2D eigenvalue weighted by Gasteiger charge is -2.07. The fraction of sp³-hybridized carbons (Fsp3) is 0.0476. The van der Waals surface area contributed by atoms with Gasteiger partial charge in [0.2, 0.25) is 0 Å². The van der Waals surface area contributed by atoms with Crippen LogP contribution in [0.15, 0.2) is 71.5 Å². The highest BCUT2D eigenvalue weighted by molar-refractivity contribution is 6.08. The van der Waals surface area contributed by atoms with Crippen molar-refractivity contribution in [1.82, 2.24) is 15.1 Å². The molecule has 2 heterocycles. The number of carbonyl (C=O) groups excluding carboxylic acids is 1. The van der Waals surface area contributed by atoms with E-state index in [2.05, 4.69) is 20.4 Å². The maximum absolute atomic E-state index is 13.2. The molecule has 0 radical (unpaired) electrons. The Morgan fingerprint density at radius 1 is 1.03 bits per heavy atom. The van der Waals surface area contributed by atoms with Gasteiger partial charge in [0.1, 0.15) is 28.6 Å². The molecule has 1 N–H and O–H groups in total. The van der Waals surface area contributed by atoms with Gasteiger partial charge in [0, 0.05) is 23.6 Å². The summed E-state index contributed by atoms with van der Waals surface area (Å²) in [4.78, 5) is 20.8. The molecule has 0 atom stereocenters. The first-order valence-electron chi connectivity index (χ1n) is 8.68. The Kier molecular flexibility index (Phi) is 4.98. The fourth-order valence-corrected chi connectivity index (χ4v) is 2.69. The number of nitrogens with one attached hydrogen (secondary N) is 1. The number of halogens is 1. The zero-order valence-corrected chi connectivity index (χ0v) is 15.3. The van der Waals surface area contributed by atoms with Crippen LogP contribution in [0.3, 0.4) is 0 Å². The number of ether oxygens (including phenoxy) is 1. The van der Waals surface area contributed by atoms with Crippen molar-refractivity contribution in [1.29, 1.82) is 0 Å². The quantitative estimate of drug-likeness (QED) is 0.535. The van der Waals surface area contributed by atoms with Gasteiger partial charge >= 0.3 is 6.01 Å². The SMILES string of the molecule is Cc1onc(-c2ccc(F)cc2)c1C(=O)Nc1ccc(Oc2ncccn2)cc1. The summed E-state index contributed by atoms with van der Waals surface area (Å²) in [6.07, 6.45) is 3.16. The summed E-state index contributed by atoms with van der Waals surface area (Å²) in [6.45, 7) is 1.64. The molecule has 0 saturated heterocycles. The molecular formula is C21H15FN4O3. The van der Waals surface area contributed by atoms with Gasteiger partial charge in [0.25, 0.3) is 5.91 Å². The lowest BCUT2D eigenvalue weighted by Crippen LogP contribution is -2.13. The molecule has 0 aliphatic carbocycles. The molecule has 4 rings (SSSR count). The van der Waals surface area contributed by atoms with Crippen molar-refractivity contribution >= 4 is 11.6 Å². The van der Waals surface area contributed by atoms with E-state index >= 15 is 0 Å². The van der Waals surface area contributed by atoms with Gasteiger partial charge in [-0.1, -0.05) is 5.16 Å². The summed E-state index contributed by atoms with van der Waals surface area (Å²) in [5.74, 6) is 0.136. The lowest BCUT2D eigenvalue weighted by atomic mass is 10.1. The largest absolute Gasteiger partial charge is 0.424 e. The standard InChI is InChI=1S/C21H15FN4O3/c1-13-18(19(26-29-13)14-3-5-15(22)6-4-14)20(27)25-16-7-9-17(10-8-16)28-21-23-11-2-12-24-21/h2-12H,1H3,(H,25,27). The van der Waals surface area contributed by atoms with E-state index in [1.54, 1.807) is 61.8 Å². The number of anilines is 1. The third-order valence-corrected chi connectivity index (χ3v) is 4.07. The molecule has 0 bridgehead atoms. The topological polar surface area (TPSA) is 90.1 Å². The average Bonchev–Trinajstić information content (AvgIpc) is 3.12. The number of amides is 1. The Labute approximate surface area is 165 Å². The number of nitrogens with zero attached hydrogens (tertiary/aromatic N) is 3. The van der Waals surface area contributed by atoms with Crippen LogP contribution in [0.4, 0.5) is 10.1 Å². The van der Waals surface area contributed by atoms with Crippen LogP contribution in [-0.2, 0) is 0 Å². The van der Waals surface area contributed by atoms with Crippen molar-refractivity contribution < 1.29 is 18.4 Å². The fourth-order valence-electron chi connectivity index (χ4n) is 2.69. The number of rotatable bonds is 5. The first kappa shape index (κ1) is 18.3. The molecule has 2 aromatic carbocycles. The maximum atomic E-state index is 13.2. The van der Waals surface area contributed by atoms with E-state index in [-0.39, 0.29) is 23.3 Å². The first-order chi connectivity index (χ1) is 14.1. The highest BCUT2D eigenvalue weighted by Crippen LogP contribution is 2.27. The van der Waals surface area contributed by atoms with Crippen LogP contribution < -0.4 is 10.1 Å². The average molecular weight is 390 g/mol. The molecule has 0 fully saturated rings. The first-order valence-corrected chi connectivity index (χ1v) is 8.68. The van der Waals surface area contributed by atoms with E-state index in [0.717, 1.165) is 0 Å². The molecule has 1 amide bonds. The van der Waals surface area contributed by atoms with Crippen molar-refractivity contribution in [3.63, 3.8) is 0 Å². The van der Waals surface area contributed by atoms with E-state index in [0.29, 0.717) is 28.5 Å². The number of carbonyl (C=O) groups is 1. The molecule has 144 valence electrons. The normalized spacial score (nSPS) is 10.6. The van der Waals surface area contributed by atoms with Crippen LogP contribution in [0.2, 0.25) is 0 Å². The summed E-state index contributed by atoms with van der Waals surface area (Å²) < 4.78 is 23.9. The van der Waals surface area contributed by atoms with Crippen LogP contribution in [-0.4, -0.2) is 21.0 Å². The molecule has 29 heavy (non-hydrogen) atoms. The van der Waals surface area contributed by atoms with Gasteiger partial charge in [-0.05, 0) is 61.5 Å². The predicted molar refractivity (Wildman–Crippen MR) is 103 cm³/mol. The molecular weight excluding hydrogens is 375 g/mol. The van der Waals surface area contributed by atoms with Gasteiger partial charge in [-0.3, -0.25) is 4.79 Å². The predicted octanol–water partition coefficient (Wildman–Crippen LogP) is 4.62. The molecule has 7 nitrogen and oxygen atoms in total. The molecule has 0 unspecified atom stereocenters. The number of hydrogen-bond donors (Lipinski definition) is 1. The third-order valence-electron chi connectivity index (χ3n) is 4.07. The van der Waals surface area contributed by atoms with E-state index in [9.17, 15) is 9.18 Å². The van der Waals surface area contributed by atoms with Crippen LogP contribution in [0, 0.1) is 12.7 Å². The van der Waals surface area contributed by atoms with Crippen LogP contribution in [0.1, 0.15) is 16.1 Å². The van der Waals surface area contributed by atoms with Gasteiger partial charge in [-0.15, -0.1) is 0 Å². The third kappa shape index (κ3) is 4.11. The Balaban J connectivity index is 1.51. The minimum atomic E-state index is -0.386. The zero-order chi connectivity index (χ0) is 20.2. The monoisotopic (exact) mass is 390 g/mol. The van der Waals surface area contributed by atoms with Gasteiger partial charge in [0.15, 0.2) is 0 Å². The minimum absolute atomic E-state index is 0.230. The van der Waals surface area contributed by atoms with Crippen LogP contribution in [0.5, 0.6) is 11.8 Å². The van der Waals surface area contributed by atoms with E-state index in [1.807, 2.05) is 0 Å². The molecule has 2 aromatic heterocycles. The van der Waals surface area contributed by atoms with E-state index < -0.39 is 0 Å². The summed E-state index contributed by atoms with van der Waals surface area (Å²) in [7, 11) is 0. The second kappa shape index (κ2) is 7.89. The molecule has 0 aliphatic rings. The van der Waals surface area contributed by atoms with Crippen molar-refractivity contribution in [2.45, 2.75) is 6.92 Å². The Morgan fingerprint density at radius 3 is 2.41 bits per heavy atom. The summed E-state index contributed by atoms with van der Waals surface area (Å²) in [5, 5.41) is 6.75.